The number of carbonyl (C=O) groups excluding carboxylic acids is 1. The van der Waals surface area contributed by atoms with Crippen LogP contribution in [0.4, 0.5) is 0 Å². The first-order valence-electron chi connectivity index (χ1n) is 6.44. The third kappa shape index (κ3) is 4.38. The molecule has 0 atom stereocenters. The van der Waals surface area contributed by atoms with Crippen molar-refractivity contribution in [3.63, 3.8) is 0 Å². The number of nitrogens with zero attached hydrogens (tertiary/aromatic N) is 2. The second kappa shape index (κ2) is 7.53. The van der Waals surface area contributed by atoms with Crippen LogP contribution in [0.25, 0.3) is 0 Å². The molecule has 124 valence electrons. The second-order valence-electron chi connectivity index (χ2n) is 4.51. The smallest absolute Gasteiger partial charge is 0.286 e. The summed E-state index contributed by atoms with van der Waals surface area (Å²) in [6.07, 6.45) is 2.00. The fourth-order valence-corrected chi connectivity index (χ4v) is 3.40. The Hall–Kier alpha value is -1.28. The third-order valence-electron chi connectivity index (χ3n) is 2.85. The van der Waals surface area contributed by atoms with Crippen molar-refractivity contribution < 1.29 is 13.2 Å². The topological polar surface area (TPSA) is 81.1 Å². The maximum Gasteiger partial charge on any atom is 0.286 e. The van der Waals surface area contributed by atoms with Gasteiger partial charge in [-0.05, 0) is 24.6 Å². The monoisotopic (exact) mass is 395 g/mol. The van der Waals surface area contributed by atoms with Crippen molar-refractivity contribution in [2.75, 3.05) is 5.88 Å². The van der Waals surface area contributed by atoms with E-state index in [9.17, 15) is 13.2 Å². The van der Waals surface area contributed by atoms with E-state index in [2.05, 4.69) is 4.98 Å². The molecule has 1 heterocycles. The number of imidazole rings is 1. The van der Waals surface area contributed by atoms with Crippen LogP contribution in [0, 0.1) is 0 Å². The van der Waals surface area contributed by atoms with Crippen molar-refractivity contribution in [1.29, 1.82) is 0 Å². The van der Waals surface area contributed by atoms with Crippen LogP contribution in [0.2, 0.25) is 10.2 Å². The highest BCUT2D eigenvalue weighted by Gasteiger charge is 2.23. The standard InChI is InChI=1S/C13H12Cl3N3O3S/c14-5-2-6-19-8-17-11(12(19)16)13(20)18-23(21,22)10-4-1-3-9(15)7-10/h1,3-4,7-8H,2,5-6H2,(H,18,20). The van der Waals surface area contributed by atoms with E-state index in [4.69, 9.17) is 34.8 Å². The van der Waals surface area contributed by atoms with Crippen LogP contribution in [0.5, 0.6) is 0 Å². The minimum atomic E-state index is -4.07. The number of halogens is 3. The van der Waals surface area contributed by atoms with Gasteiger partial charge in [-0.15, -0.1) is 11.6 Å². The summed E-state index contributed by atoms with van der Waals surface area (Å²) in [5.41, 5.74) is -0.174. The molecule has 2 aromatic rings. The maximum atomic E-state index is 12.2. The first-order chi connectivity index (χ1) is 10.8. The van der Waals surface area contributed by atoms with Crippen LogP contribution >= 0.6 is 34.8 Å². The summed E-state index contributed by atoms with van der Waals surface area (Å²) in [4.78, 5) is 15.8. The predicted octanol–water partition coefficient (Wildman–Crippen LogP) is 2.94. The first-order valence-corrected chi connectivity index (χ1v) is 9.22. The highest BCUT2D eigenvalue weighted by atomic mass is 35.5. The van der Waals surface area contributed by atoms with Gasteiger partial charge in [-0.25, -0.2) is 18.1 Å². The first kappa shape index (κ1) is 18.1. The van der Waals surface area contributed by atoms with Crippen LogP contribution in [0.1, 0.15) is 16.9 Å². The predicted molar refractivity (Wildman–Crippen MR) is 88.7 cm³/mol. The van der Waals surface area contributed by atoms with Gasteiger partial charge in [0.05, 0.1) is 11.2 Å². The number of sulfonamides is 1. The molecule has 6 nitrogen and oxygen atoms in total. The van der Waals surface area contributed by atoms with Crippen molar-refractivity contribution in [1.82, 2.24) is 14.3 Å². The summed E-state index contributed by atoms with van der Waals surface area (Å²) in [7, 11) is -4.07. The van der Waals surface area contributed by atoms with E-state index in [1.54, 1.807) is 0 Å². The number of nitrogens with one attached hydrogen (secondary N) is 1. The number of amides is 1. The Bertz CT molecular complexity index is 821. The van der Waals surface area contributed by atoms with Gasteiger partial charge in [-0.3, -0.25) is 4.79 Å². The van der Waals surface area contributed by atoms with Gasteiger partial charge in [0.15, 0.2) is 5.69 Å². The number of benzene rings is 1. The molecule has 1 aromatic carbocycles. The quantitative estimate of drug-likeness (QED) is 0.761. The van der Waals surface area contributed by atoms with Gasteiger partial charge in [0.2, 0.25) is 0 Å². The molecule has 1 amide bonds. The van der Waals surface area contributed by atoms with Gasteiger partial charge in [-0.2, -0.15) is 0 Å². The van der Waals surface area contributed by atoms with Crippen molar-refractivity contribution in [3.05, 3.63) is 46.5 Å². The summed E-state index contributed by atoms with van der Waals surface area (Å²) in [6.45, 7) is 0.476. The zero-order chi connectivity index (χ0) is 17.0. The number of aryl methyl sites for hydroxylation is 1. The Morgan fingerprint density at radius 2 is 2.04 bits per heavy atom. The summed E-state index contributed by atoms with van der Waals surface area (Å²) >= 11 is 17.4. The molecule has 0 saturated heterocycles. The fourth-order valence-electron chi connectivity index (χ4n) is 1.77. The molecular formula is C13H12Cl3N3O3S. The van der Waals surface area contributed by atoms with Crippen LogP contribution < -0.4 is 4.72 Å². The van der Waals surface area contributed by atoms with E-state index in [-0.39, 0.29) is 20.8 Å². The lowest BCUT2D eigenvalue weighted by molar-refractivity contribution is 0.0977. The Morgan fingerprint density at radius 1 is 1.30 bits per heavy atom. The average Bonchev–Trinajstić information content (AvgIpc) is 2.86. The van der Waals surface area contributed by atoms with Crippen molar-refractivity contribution in [2.45, 2.75) is 17.9 Å². The molecule has 1 N–H and O–H groups in total. The number of hydrogen-bond acceptors (Lipinski definition) is 4. The van der Waals surface area contributed by atoms with Gasteiger partial charge in [0.1, 0.15) is 5.15 Å². The van der Waals surface area contributed by atoms with Gasteiger partial charge >= 0.3 is 0 Å². The zero-order valence-electron chi connectivity index (χ0n) is 11.7. The van der Waals surface area contributed by atoms with E-state index in [0.717, 1.165) is 0 Å². The highest BCUT2D eigenvalue weighted by molar-refractivity contribution is 7.90. The maximum absolute atomic E-state index is 12.2. The molecule has 0 bridgehead atoms. The molecule has 10 heteroatoms. The summed E-state index contributed by atoms with van der Waals surface area (Å²) in [5.74, 6) is -0.487. The summed E-state index contributed by atoms with van der Waals surface area (Å²) in [5, 5.41) is 0.289. The summed E-state index contributed by atoms with van der Waals surface area (Å²) in [6, 6.07) is 5.55. The normalized spacial score (nSPS) is 11.4. The van der Waals surface area contributed by atoms with Gasteiger partial charge in [-0.1, -0.05) is 29.3 Å². The number of carbonyl (C=O) groups is 1. The van der Waals surface area contributed by atoms with Crippen molar-refractivity contribution >= 4 is 50.7 Å². The van der Waals surface area contributed by atoms with E-state index >= 15 is 0 Å². The lowest BCUT2D eigenvalue weighted by Crippen LogP contribution is -2.31. The van der Waals surface area contributed by atoms with E-state index in [1.165, 1.54) is 35.2 Å². The lowest BCUT2D eigenvalue weighted by Gasteiger charge is -2.06. The van der Waals surface area contributed by atoms with Crippen LogP contribution in [-0.4, -0.2) is 29.8 Å². The molecule has 1 aromatic heterocycles. The van der Waals surface area contributed by atoms with Crippen LogP contribution in [0.15, 0.2) is 35.5 Å². The zero-order valence-corrected chi connectivity index (χ0v) is 14.8. The number of aromatic nitrogens is 2. The molecule has 0 radical (unpaired) electrons. The molecule has 0 spiro atoms. The molecule has 0 aliphatic heterocycles. The Balaban J connectivity index is 2.20. The van der Waals surface area contributed by atoms with Crippen molar-refractivity contribution in [2.24, 2.45) is 0 Å². The van der Waals surface area contributed by atoms with E-state index in [1.807, 2.05) is 4.72 Å². The molecule has 0 aliphatic carbocycles. The van der Waals surface area contributed by atoms with E-state index in [0.29, 0.717) is 18.8 Å². The Kier molecular flexibility index (Phi) is 5.91. The largest absolute Gasteiger partial charge is 0.321 e. The fraction of sp³-hybridized carbons (Fsp3) is 0.231. The highest BCUT2D eigenvalue weighted by Crippen LogP contribution is 2.18. The Labute approximate surface area is 148 Å². The minimum absolute atomic E-state index is 0.0499. The molecule has 2 rings (SSSR count). The van der Waals surface area contributed by atoms with Gasteiger partial charge in [0.25, 0.3) is 15.9 Å². The van der Waals surface area contributed by atoms with Gasteiger partial charge in [0, 0.05) is 17.4 Å². The SMILES string of the molecule is O=C(NS(=O)(=O)c1cccc(Cl)c1)c1ncn(CCCCl)c1Cl. The number of alkyl halides is 1. The number of rotatable bonds is 6. The average molecular weight is 397 g/mol. The minimum Gasteiger partial charge on any atom is -0.321 e. The number of hydrogen-bond donors (Lipinski definition) is 1. The van der Waals surface area contributed by atoms with Crippen molar-refractivity contribution in [3.8, 4) is 0 Å². The van der Waals surface area contributed by atoms with Gasteiger partial charge < -0.3 is 4.57 Å². The van der Waals surface area contributed by atoms with E-state index < -0.39 is 15.9 Å². The molecular weight excluding hydrogens is 385 g/mol. The molecule has 0 unspecified atom stereocenters. The molecule has 0 fully saturated rings. The second-order valence-corrected chi connectivity index (χ2v) is 7.37. The molecule has 23 heavy (non-hydrogen) atoms. The van der Waals surface area contributed by atoms with Crippen LogP contribution in [-0.2, 0) is 16.6 Å². The lowest BCUT2D eigenvalue weighted by atomic mass is 10.4. The Morgan fingerprint density at radius 3 is 2.70 bits per heavy atom. The molecule has 0 aliphatic rings. The van der Waals surface area contributed by atoms with Crippen LogP contribution in [0.3, 0.4) is 0 Å². The summed E-state index contributed by atoms with van der Waals surface area (Å²) < 4.78 is 27.8. The third-order valence-corrected chi connectivity index (χ3v) is 5.08. The molecule has 0 saturated carbocycles.